The predicted molar refractivity (Wildman–Crippen MR) is 65.9 cm³/mol. The number of ether oxygens (including phenoxy) is 1. The van der Waals surface area contributed by atoms with Gasteiger partial charge in [-0.05, 0) is 31.2 Å². The third-order valence-corrected chi connectivity index (χ3v) is 3.71. The third-order valence-electron chi connectivity index (χ3n) is 2.10. The zero-order chi connectivity index (χ0) is 12.9. The van der Waals surface area contributed by atoms with Gasteiger partial charge in [-0.3, -0.25) is 5.84 Å². The highest BCUT2D eigenvalue weighted by Crippen LogP contribution is 2.13. The van der Waals surface area contributed by atoms with Crippen molar-refractivity contribution in [1.29, 1.82) is 0 Å². The summed E-state index contributed by atoms with van der Waals surface area (Å²) in [6, 6.07) is 5.87. The molecule has 0 fully saturated rings. The van der Waals surface area contributed by atoms with Gasteiger partial charge in [0.1, 0.15) is 0 Å². The minimum absolute atomic E-state index is 0.194. The van der Waals surface area contributed by atoms with Gasteiger partial charge in [0.15, 0.2) is 0 Å². The van der Waals surface area contributed by atoms with Gasteiger partial charge in [-0.2, -0.15) is 0 Å². The zero-order valence-corrected chi connectivity index (χ0v) is 10.6. The maximum atomic E-state index is 11.9. The Morgan fingerprint density at radius 1 is 1.35 bits per heavy atom. The van der Waals surface area contributed by atoms with Gasteiger partial charge in [0, 0.05) is 18.8 Å². The van der Waals surface area contributed by atoms with E-state index in [9.17, 15) is 8.42 Å². The van der Waals surface area contributed by atoms with Crippen LogP contribution in [-0.4, -0.2) is 28.2 Å². The molecule has 0 saturated carbocycles. The lowest BCUT2D eigenvalue weighted by atomic mass is 10.3. The summed E-state index contributed by atoms with van der Waals surface area (Å²) in [5, 5.41) is 0. The Kier molecular flexibility index (Phi) is 4.88. The lowest BCUT2D eigenvalue weighted by Gasteiger charge is -2.13. The molecule has 7 heteroatoms. The summed E-state index contributed by atoms with van der Waals surface area (Å²) in [6.07, 6.45) is 0. The van der Waals surface area contributed by atoms with E-state index >= 15 is 0 Å². The number of hydrogen-bond acceptors (Lipinski definition) is 5. The lowest BCUT2D eigenvalue weighted by Crippen LogP contribution is -2.35. The summed E-state index contributed by atoms with van der Waals surface area (Å²) in [6.45, 7) is 2.05. The van der Waals surface area contributed by atoms with E-state index in [4.69, 9.17) is 10.6 Å². The van der Waals surface area contributed by atoms with Crippen LogP contribution >= 0.6 is 0 Å². The molecule has 1 atom stereocenters. The minimum Gasteiger partial charge on any atom is -0.383 e. The smallest absolute Gasteiger partial charge is 0.240 e. The van der Waals surface area contributed by atoms with Crippen molar-refractivity contribution in [2.45, 2.75) is 17.9 Å². The van der Waals surface area contributed by atoms with E-state index in [-0.39, 0.29) is 10.9 Å². The van der Waals surface area contributed by atoms with Gasteiger partial charge >= 0.3 is 0 Å². The number of nitrogens with one attached hydrogen (secondary N) is 2. The van der Waals surface area contributed by atoms with Crippen molar-refractivity contribution in [3.05, 3.63) is 24.3 Å². The first-order valence-corrected chi connectivity index (χ1v) is 6.56. The van der Waals surface area contributed by atoms with Gasteiger partial charge in [0.2, 0.25) is 10.0 Å². The quantitative estimate of drug-likeness (QED) is 0.504. The number of anilines is 1. The molecular weight excluding hydrogens is 242 g/mol. The molecule has 4 N–H and O–H groups in total. The molecule has 0 saturated heterocycles. The van der Waals surface area contributed by atoms with Gasteiger partial charge in [-0.15, -0.1) is 0 Å². The molecule has 96 valence electrons. The average Bonchev–Trinajstić information content (AvgIpc) is 2.28. The first-order valence-electron chi connectivity index (χ1n) is 5.07. The lowest BCUT2D eigenvalue weighted by molar-refractivity contribution is 0.180. The maximum Gasteiger partial charge on any atom is 0.240 e. The molecule has 0 radical (unpaired) electrons. The molecule has 1 aromatic carbocycles. The van der Waals surface area contributed by atoms with Crippen molar-refractivity contribution in [3.63, 3.8) is 0 Å². The molecule has 0 aliphatic rings. The highest BCUT2D eigenvalue weighted by Gasteiger charge is 2.16. The minimum atomic E-state index is -3.51. The fourth-order valence-electron chi connectivity index (χ4n) is 1.35. The third kappa shape index (κ3) is 3.97. The van der Waals surface area contributed by atoms with Gasteiger partial charge in [0.25, 0.3) is 0 Å². The molecule has 0 aliphatic carbocycles. The average molecular weight is 259 g/mol. The highest BCUT2D eigenvalue weighted by atomic mass is 32.2. The highest BCUT2D eigenvalue weighted by molar-refractivity contribution is 7.89. The Bertz CT molecular complexity index is 444. The summed E-state index contributed by atoms with van der Waals surface area (Å²) >= 11 is 0. The van der Waals surface area contributed by atoms with E-state index in [1.807, 2.05) is 0 Å². The second kappa shape index (κ2) is 5.97. The Labute approximate surface area is 101 Å². The van der Waals surface area contributed by atoms with Crippen LogP contribution in [0.2, 0.25) is 0 Å². The van der Waals surface area contributed by atoms with E-state index < -0.39 is 10.0 Å². The van der Waals surface area contributed by atoms with Gasteiger partial charge in [0.05, 0.1) is 11.5 Å². The number of rotatable bonds is 6. The van der Waals surface area contributed by atoms with E-state index in [2.05, 4.69) is 10.1 Å². The van der Waals surface area contributed by atoms with Crippen LogP contribution in [0.1, 0.15) is 6.92 Å². The second-order valence-electron chi connectivity index (χ2n) is 3.65. The zero-order valence-electron chi connectivity index (χ0n) is 9.80. The molecule has 0 heterocycles. The monoisotopic (exact) mass is 259 g/mol. The van der Waals surface area contributed by atoms with Crippen LogP contribution < -0.4 is 16.0 Å². The predicted octanol–water partition coefficient (Wildman–Crippen LogP) is 0.285. The Morgan fingerprint density at radius 3 is 2.41 bits per heavy atom. The van der Waals surface area contributed by atoms with Crippen LogP contribution in [0.3, 0.4) is 0 Å². The van der Waals surface area contributed by atoms with E-state index in [1.54, 1.807) is 19.1 Å². The molecule has 0 aromatic heterocycles. The van der Waals surface area contributed by atoms with Crippen LogP contribution in [0.4, 0.5) is 5.69 Å². The topological polar surface area (TPSA) is 93.4 Å². The van der Waals surface area contributed by atoms with E-state index in [1.165, 1.54) is 19.2 Å². The fraction of sp³-hybridized carbons (Fsp3) is 0.400. The summed E-state index contributed by atoms with van der Waals surface area (Å²) < 4.78 is 31.2. The molecule has 0 spiro atoms. The summed E-state index contributed by atoms with van der Waals surface area (Å²) in [5.41, 5.74) is 3.08. The number of nitrogen functional groups attached to an aromatic ring is 1. The first-order chi connectivity index (χ1) is 7.99. The van der Waals surface area contributed by atoms with Gasteiger partial charge in [-0.25, -0.2) is 13.1 Å². The van der Waals surface area contributed by atoms with Crippen LogP contribution in [0, 0.1) is 0 Å². The van der Waals surface area contributed by atoms with Crippen molar-refractivity contribution in [3.8, 4) is 0 Å². The van der Waals surface area contributed by atoms with E-state index in [0.717, 1.165) is 0 Å². The first kappa shape index (κ1) is 13.9. The largest absolute Gasteiger partial charge is 0.383 e. The number of benzene rings is 1. The van der Waals surface area contributed by atoms with E-state index in [0.29, 0.717) is 12.3 Å². The molecule has 17 heavy (non-hydrogen) atoms. The number of methoxy groups -OCH3 is 1. The standard InChI is InChI=1S/C10H17N3O3S/c1-8(7-16-2)13-17(14,15)10-5-3-9(12-11)4-6-10/h3-6,8,12-13H,7,11H2,1-2H3. The van der Waals surface area contributed by atoms with Crippen LogP contribution in [-0.2, 0) is 14.8 Å². The van der Waals surface area contributed by atoms with Gasteiger partial charge in [-0.1, -0.05) is 0 Å². The molecule has 0 amide bonds. The molecule has 0 aliphatic heterocycles. The van der Waals surface area contributed by atoms with Gasteiger partial charge < -0.3 is 10.2 Å². The number of sulfonamides is 1. The SMILES string of the molecule is COCC(C)NS(=O)(=O)c1ccc(NN)cc1. The summed E-state index contributed by atoms with van der Waals surface area (Å²) in [7, 11) is -1.98. The number of hydrazine groups is 1. The molecule has 1 unspecified atom stereocenters. The second-order valence-corrected chi connectivity index (χ2v) is 5.36. The molecular formula is C10H17N3O3S. The molecule has 1 rings (SSSR count). The normalized spacial score (nSPS) is 13.4. The molecule has 1 aromatic rings. The molecule has 6 nitrogen and oxygen atoms in total. The molecule has 0 bridgehead atoms. The Morgan fingerprint density at radius 2 is 1.94 bits per heavy atom. The van der Waals surface area contributed by atoms with Crippen LogP contribution in [0.25, 0.3) is 0 Å². The van der Waals surface area contributed by atoms with Crippen LogP contribution in [0.15, 0.2) is 29.2 Å². The van der Waals surface area contributed by atoms with Crippen molar-refractivity contribution in [2.24, 2.45) is 5.84 Å². The van der Waals surface area contributed by atoms with Crippen molar-refractivity contribution >= 4 is 15.7 Å². The summed E-state index contributed by atoms with van der Waals surface area (Å²) in [4.78, 5) is 0.194. The number of hydrogen-bond donors (Lipinski definition) is 3. The maximum absolute atomic E-state index is 11.9. The van der Waals surface area contributed by atoms with Crippen molar-refractivity contribution in [2.75, 3.05) is 19.1 Å². The van der Waals surface area contributed by atoms with Crippen LogP contribution in [0.5, 0.6) is 0 Å². The fourth-order valence-corrected chi connectivity index (χ4v) is 2.58. The van der Waals surface area contributed by atoms with Crippen molar-refractivity contribution < 1.29 is 13.2 Å². The number of nitrogens with two attached hydrogens (primary N) is 1. The Balaban J connectivity index is 2.82. The Hall–Kier alpha value is -1.15. The van der Waals surface area contributed by atoms with Crippen molar-refractivity contribution in [1.82, 2.24) is 4.72 Å². The summed E-state index contributed by atoms with van der Waals surface area (Å²) in [5.74, 6) is 5.20.